The fourth-order valence-corrected chi connectivity index (χ4v) is 3.23. The van der Waals surface area contributed by atoms with E-state index < -0.39 is 16.1 Å². The zero-order valence-corrected chi connectivity index (χ0v) is 20.5. The third-order valence-electron chi connectivity index (χ3n) is 4.10. The first kappa shape index (κ1) is 30.4. The molecule has 12 heteroatoms. The molecule has 0 fully saturated rings. The van der Waals surface area contributed by atoms with Gasteiger partial charge in [0.05, 0.1) is 97.2 Å². The smallest absolute Gasteiger partial charge is 0.305 e. The number of rotatable bonds is 23. The van der Waals surface area contributed by atoms with Gasteiger partial charge in [0.15, 0.2) is 0 Å². The van der Waals surface area contributed by atoms with Crippen molar-refractivity contribution in [3.05, 3.63) is 29.8 Å². The van der Waals surface area contributed by atoms with E-state index in [1.54, 1.807) is 12.1 Å². The highest BCUT2D eigenvalue weighted by molar-refractivity contribution is 7.86. The second-order valence-corrected chi connectivity index (χ2v) is 8.52. The molecule has 0 aromatic heterocycles. The lowest BCUT2D eigenvalue weighted by Gasteiger charge is -2.08. The minimum atomic E-state index is -3.77. The molecule has 0 saturated carbocycles. The van der Waals surface area contributed by atoms with Crippen molar-refractivity contribution in [3.8, 4) is 0 Å². The van der Waals surface area contributed by atoms with E-state index in [2.05, 4.69) is 0 Å². The van der Waals surface area contributed by atoms with Crippen LogP contribution in [0.5, 0.6) is 0 Å². The maximum absolute atomic E-state index is 12.0. The fourth-order valence-electron chi connectivity index (χ4n) is 2.34. The first-order chi connectivity index (χ1) is 16.4. The first-order valence-electron chi connectivity index (χ1n) is 11.1. The predicted molar refractivity (Wildman–Crippen MR) is 121 cm³/mol. The number of aliphatic carboxylic acids is 1. The van der Waals surface area contributed by atoms with Crippen LogP contribution in [0.3, 0.4) is 0 Å². The summed E-state index contributed by atoms with van der Waals surface area (Å²) < 4.78 is 60.7. The van der Waals surface area contributed by atoms with E-state index >= 15 is 0 Å². The van der Waals surface area contributed by atoms with E-state index in [-0.39, 0.29) is 31.1 Å². The molecule has 0 unspecified atom stereocenters. The molecule has 1 aromatic carbocycles. The van der Waals surface area contributed by atoms with Crippen LogP contribution >= 0.6 is 0 Å². The van der Waals surface area contributed by atoms with E-state index in [1.165, 1.54) is 12.1 Å². The molecule has 0 radical (unpaired) electrons. The van der Waals surface area contributed by atoms with Crippen LogP contribution in [-0.4, -0.2) is 105 Å². The van der Waals surface area contributed by atoms with Gasteiger partial charge in [0.25, 0.3) is 10.1 Å². The number of carboxylic acids is 1. The summed E-state index contributed by atoms with van der Waals surface area (Å²) >= 11 is 0. The summed E-state index contributed by atoms with van der Waals surface area (Å²) in [5.74, 6) is -0.885. The van der Waals surface area contributed by atoms with Gasteiger partial charge in [0, 0.05) is 0 Å². The third kappa shape index (κ3) is 16.9. The molecule has 0 heterocycles. The highest BCUT2D eigenvalue weighted by Crippen LogP contribution is 2.12. The van der Waals surface area contributed by atoms with Crippen molar-refractivity contribution in [1.82, 2.24) is 0 Å². The Morgan fingerprint density at radius 1 is 0.647 bits per heavy atom. The van der Waals surface area contributed by atoms with Gasteiger partial charge in [-0.25, -0.2) is 0 Å². The second-order valence-electron chi connectivity index (χ2n) is 6.91. The Morgan fingerprint density at radius 3 is 1.38 bits per heavy atom. The van der Waals surface area contributed by atoms with Crippen molar-refractivity contribution in [1.29, 1.82) is 0 Å². The number of aryl methyl sites for hydroxylation is 1. The molecule has 1 aromatic rings. The van der Waals surface area contributed by atoms with Crippen molar-refractivity contribution in [3.63, 3.8) is 0 Å². The largest absolute Gasteiger partial charge is 0.481 e. The molecule has 0 atom stereocenters. The highest BCUT2D eigenvalue weighted by atomic mass is 32.2. The van der Waals surface area contributed by atoms with Crippen molar-refractivity contribution in [2.75, 3.05) is 85.9 Å². The lowest BCUT2D eigenvalue weighted by Crippen LogP contribution is -2.15. The van der Waals surface area contributed by atoms with Crippen LogP contribution in [0.1, 0.15) is 12.0 Å². The Morgan fingerprint density at radius 2 is 1.00 bits per heavy atom. The van der Waals surface area contributed by atoms with Gasteiger partial charge < -0.3 is 33.5 Å². The van der Waals surface area contributed by atoms with Crippen LogP contribution in [0.4, 0.5) is 0 Å². The Kier molecular flexibility index (Phi) is 17.6. The monoisotopic (exact) mass is 508 g/mol. The summed E-state index contributed by atoms with van der Waals surface area (Å²) in [5, 5.41) is 8.45. The summed E-state index contributed by atoms with van der Waals surface area (Å²) in [6.45, 7) is 6.12. The minimum Gasteiger partial charge on any atom is -0.481 e. The number of ether oxygens (including phenoxy) is 6. The Bertz CT molecular complexity index is 738. The number of benzene rings is 1. The SMILES string of the molecule is Cc1ccc(S(=O)(=O)OCCOCCOCCOCCOCCOCCOCCC(=O)O)cc1. The van der Waals surface area contributed by atoms with Gasteiger partial charge in [-0.05, 0) is 19.1 Å². The van der Waals surface area contributed by atoms with Crippen LogP contribution < -0.4 is 0 Å². The molecule has 11 nitrogen and oxygen atoms in total. The summed E-state index contributed by atoms with van der Waals surface area (Å²) in [6, 6.07) is 6.45. The Hall–Kier alpha value is -1.64. The minimum absolute atomic E-state index is 0.0129. The van der Waals surface area contributed by atoms with E-state index in [4.69, 9.17) is 37.7 Å². The van der Waals surface area contributed by atoms with E-state index in [1.807, 2.05) is 6.92 Å². The summed E-state index contributed by atoms with van der Waals surface area (Å²) in [5.41, 5.74) is 0.971. The Labute approximate surface area is 201 Å². The molecule has 0 saturated heterocycles. The molecule has 0 spiro atoms. The van der Waals surface area contributed by atoms with Gasteiger partial charge in [-0.15, -0.1) is 0 Å². The van der Waals surface area contributed by atoms with Crippen LogP contribution in [0.25, 0.3) is 0 Å². The third-order valence-corrected chi connectivity index (χ3v) is 5.42. The average Bonchev–Trinajstić information content (AvgIpc) is 2.80. The predicted octanol–water partition coefficient (Wildman–Crippen LogP) is 1.27. The summed E-state index contributed by atoms with van der Waals surface area (Å²) in [7, 11) is -3.77. The fraction of sp³-hybridized carbons (Fsp3) is 0.682. The van der Waals surface area contributed by atoms with E-state index in [0.717, 1.165) is 5.56 Å². The van der Waals surface area contributed by atoms with Gasteiger partial charge in [-0.1, -0.05) is 17.7 Å². The number of hydrogen-bond donors (Lipinski definition) is 1. The topological polar surface area (TPSA) is 136 Å². The maximum Gasteiger partial charge on any atom is 0.305 e. The molecule has 0 aliphatic rings. The number of hydrogen-bond acceptors (Lipinski definition) is 10. The van der Waals surface area contributed by atoms with Gasteiger partial charge in [0.1, 0.15) is 0 Å². The Balaban J connectivity index is 1.79. The molecular weight excluding hydrogens is 472 g/mol. The molecule has 0 aliphatic carbocycles. The molecule has 34 heavy (non-hydrogen) atoms. The molecule has 0 bridgehead atoms. The number of carboxylic acid groups (broad SMARTS) is 1. The van der Waals surface area contributed by atoms with Gasteiger partial charge in [0.2, 0.25) is 0 Å². The van der Waals surface area contributed by atoms with Gasteiger partial charge in [-0.3, -0.25) is 8.98 Å². The average molecular weight is 509 g/mol. The lowest BCUT2D eigenvalue weighted by molar-refractivity contribution is -0.138. The molecule has 196 valence electrons. The highest BCUT2D eigenvalue weighted by Gasteiger charge is 2.14. The normalized spacial score (nSPS) is 11.7. The van der Waals surface area contributed by atoms with Gasteiger partial charge >= 0.3 is 5.97 Å². The van der Waals surface area contributed by atoms with Crippen LogP contribution in [-0.2, 0) is 47.5 Å². The quantitative estimate of drug-likeness (QED) is 0.169. The lowest BCUT2D eigenvalue weighted by atomic mass is 10.2. The molecule has 0 amide bonds. The van der Waals surface area contributed by atoms with E-state index in [0.29, 0.717) is 66.1 Å². The van der Waals surface area contributed by atoms with E-state index in [9.17, 15) is 13.2 Å². The molecule has 1 N–H and O–H groups in total. The molecule has 0 aliphatic heterocycles. The zero-order chi connectivity index (χ0) is 24.9. The van der Waals surface area contributed by atoms with Crippen molar-refractivity contribution >= 4 is 16.1 Å². The zero-order valence-electron chi connectivity index (χ0n) is 19.6. The van der Waals surface area contributed by atoms with Crippen LogP contribution in [0.2, 0.25) is 0 Å². The van der Waals surface area contributed by atoms with Crippen LogP contribution in [0, 0.1) is 6.92 Å². The summed E-state index contributed by atoms with van der Waals surface area (Å²) in [4.78, 5) is 10.4. The number of carbonyl (C=O) groups is 1. The van der Waals surface area contributed by atoms with Gasteiger partial charge in [-0.2, -0.15) is 8.42 Å². The standard InChI is InChI=1S/C22H36O11S/c1-20-2-4-21(5-3-20)34(25,26)33-19-18-32-17-16-31-15-14-30-13-12-29-11-10-28-9-8-27-7-6-22(23)24/h2-5H,6-19H2,1H3,(H,23,24). The molecular formula is C22H36O11S. The van der Waals surface area contributed by atoms with Crippen molar-refractivity contribution < 1.29 is 50.9 Å². The maximum atomic E-state index is 12.0. The van der Waals surface area contributed by atoms with Crippen molar-refractivity contribution in [2.45, 2.75) is 18.2 Å². The summed E-state index contributed by atoms with van der Waals surface area (Å²) in [6.07, 6.45) is -0.0129. The van der Waals surface area contributed by atoms with Crippen molar-refractivity contribution in [2.24, 2.45) is 0 Å². The molecule has 1 rings (SSSR count). The second kappa shape index (κ2) is 19.6. The van der Waals surface area contributed by atoms with Crippen LogP contribution in [0.15, 0.2) is 29.2 Å². The first-order valence-corrected chi connectivity index (χ1v) is 12.5.